The lowest BCUT2D eigenvalue weighted by molar-refractivity contribution is 0.270. The summed E-state index contributed by atoms with van der Waals surface area (Å²) in [5.74, 6) is 0.753. The molecule has 1 aliphatic rings. The first kappa shape index (κ1) is 16.0. The molecule has 1 saturated heterocycles. The van der Waals surface area contributed by atoms with E-state index < -0.39 is 0 Å². The number of rotatable bonds is 6. The average molecular weight is 317 g/mol. The van der Waals surface area contributed by atoms with Crippen LogP contribution in [0.1, 0.15) is 18.2 Å². The van der Waals surface area contributed by atoms with Gasteiger partial charge in [0.1, 0.15) is 11.6 Å². The maximum absolute atomic E-state index is 14.4. The standard InChI is InChI=1S/C18H24FN3O/c1-2-21-7-9-22(10-8-21)18-6-5-15(12-17(18)19)13-20-14-16-4-3-11-23-16/h3-6,11-12,20H,2,7-10,13-14H2,1H3. The summed E-state index contributed by atoms with van der Waals surface area (Å²) in [5.41, 5.74) is 1.67. The van der Waals surface area contributed by atoms with Gasteiger partial charge < -0.3 is 19.5 Å². The van der Waals surface area contributed by atoms with Crippen molar-refractivity contribution in [1.29, 1.82) is 0 Å². The quantitative estimate of drug-likeness (QED) is 0.888. The van der Waals surface area contributed by atoms with Crippen LogP contribution in [0.2, 0.25) is 0 Å². The van der Waals surface area contributed by atoms with Crippen LogP contribution < -0.4 is 10.2 Å². The Kier molecular flexibility index (Phi) is 5.31. The number of anilines is 1. The fraction of sp³-hybridized carbons (Fsp3) is 0.444. The Labute approximate surface area is 136 Å². The lowest BCUT2D eigenvalue weighted by atomic mass is 10.1. The minimum atomic E-state index is -0.132. The topological polar surface area (TPSA) is 31.6 Å². The maximum atomic E-state index is 14.4. The number of halogens is 1. The molecule has 4 nitrogen and oxygen atoms in total. The molecule has 2 heterocycles. The molecule has 0 aliphatic carbocycles. The fourth-order valence-electron chi connectivity index (χ4n) is 2.97. The first-order valence-corrected chi connectivity index (χ1v) is 8.25. The van der Waals surface area contributed by atoms with Gasteiger partial charge in [-0.05, 0) is 36.4 Å². The molecule has 1 N–H and O–H groups in total. The van der Waals surface area contributed by atoms with E-state index in [0.29, 0.717) is 13.1 Å². The molecule has 1 aromatic carbocycles. The van der Waals surface area contributed by atoms with Crippen LogP contribution in [0.4, 0.5) is 10.1 Å². The largest absolute Gasteiger partial charge is 0.468 e. The second kappa shape index (κ2) is 7.62. The minimum absolute atomic E-state index is 0.132. The molecule has 2 aromatic rings. The van der Waals surface area contributed by atoms with E-state index in [1.54, 1.807) is 12.3 Å². The summed E-state index contributed by atoms with van der Waals surface area (Å²) in [6, 6.07) is 9.33. The number of benzene rings is 1. The number of furan rings is 1. The van der Waals surface area contributed by atoms with E-state index in [4.69, 9.17) is 4.42 Å². The summed E-state index contributed by atoms with van der Waals surface area (Å²) in [6.45, 7) is 8.29. The Morgan fingerprint density at radius 1 is 1.13 bits per heavy atom. The summed E-state index contributed by atoms with van der Waals surface area (Å²) in [4.78, 5) is 4.53. The van der Waals surface area contributed by atoms with Crippen LogP contribution in [0.25, 0.3) is 0 Å². The Morgan fingerprint density at radius 3 is 2.61 bits per heavy atom. The molecule has 1 aromatic heterocycles. The van der Waals surface area contributed by atoms with Crippen LogP contribution in [0, 0.1) is 5.82 Å². The highest BCUT2D eigenvalue weighted by atomic mass is 19.1. The van der Waals surface area contributed by atoms with Crippen LogP contribution >= 0.6 is 0 Å². The SMILES string of the molecule is CCN1CCN(c2ccc(CNCc3ccco3)cc2F)CC1. The van der Waals surface area contributed by atoms with Crippen molar-refractivity contribution in [1.82, 2.24) is 10.2 Å². The third kappa shape index (κ3) is 4.12. The predicted octanol–water partition coefficient (Wildman–Crippen LogP) is 2.85. The Morgan fingerprint density at radius 2 is 1.96 bits per heavy atom. The summed E-state index contributed by atoms with van der Waals surface area (Å²) in [7, 11) is 0. The molecule has 124 valence electrons. The molecule has 0 amide bonds. The summed E-state index contributed by atoms with van der Waals surface area (Å²) < 4.78 is 19.7. The molecule has 0 atom stereocenters. The van der Waals surface area contributed by atoms with Crippen molar-refractivity contribution in [2.45, 2.75) is 20.0 Å². The van der Waals surface area contributed by atoms with Crippen LogP contribution in [-0.4, -0.2) is 37.6 Å². The molecule has 5 heteroatoms. The van der Waals surface area contributed by atoms with E-state index in [2.05, 4.69) is 22.0 Å². The van der Waals surface area contributed by atoms with Gasteiger partial charge in [-0.2, -0.15) is 0 Å². The van der Waals surface area contributed by atoms with E-state index in [1.165, 1.54) is 0 Å². The van der Waals surface area contributed by atoms with Gasteiger partial charge in [0, 0.05) is 32.7 Å². The minimum Gasteiger partial charge on any atom is -0.468 e. The van der Waals surface area contributed by atoms with Crippen molar-refractivity contribution in [3.63, 3.8) is 0 Å². The number of hydrogen-bond donors (Lipinski definition) is 1. The van der Waals surface area contributed by atoms with Crippen molar-refractivity contribution in [3.8, 4) is 0 Å². The first-order valence-electron chi connectivity index (χ1n) is 8.25. The van der Waals surface area contributed by atoms with Gasteiger partial charge in [0.25, 0.3) is 0 Å². The molecule has 23 heavy (non-hydrogen) atoms. The van der Waals surface area contributed by atoms with Gasteiger partial charge >= 0.3 is 0 Å². The number of hydrogen-bond acceptors (Lipinski definition) is 4. The third-order valence-corrected chi connectivity index (χ3v) is 4.38. The Hall–Kier alpha value is -1.85. The molecule has 0 unspecified atom stereocenters. The highest BCUT2D eigenvalue weighted by molar-refractivity contribution is 5.49. The maximum Gasteiger partial charge on any atom is 0.146 e. The van der Waals surface area contributed by atoms with E-state index in [1.807, 2.05) is 24.3 Å². The lowest BCUT2D eigenvalue weighted by Crippen LogP contribution is -2.46. The van der Waals surface area contributed by atoms with E-state index in [9.17, 15) is 4.39 Å². The van der Waals surface area contributed by atoms with Crippen LogP contribution in [0.15, 0.2) is 41.0 Å². The first-order chi connectivity index (χ1) is 11.3. The lowest BCUT2D eigenvalue weighted by Gasteiger charge is -2.35. The second-order valence-electron chi connectivity index (χ2n) is 5.89. The fourth-order valence-corrected chi connectivity index (χ4v) is 2.97. The molecule has 1 aliphatic heterocycles. The molecule has 1 fully saturated rings. The van der Waals surface area contributed by atoms with E-state index in [-0.39, 0.29) is 5.82 Å². The van der Waals surface area contributed by atoms with E-state index >= 15 is 0 Å². The molecular weight excluding hydrogens is 293 g/mol. The summed E-state index contributed by atoms with van der Waals surface area (Å²) in [5, 5.41) is 3.26. The smallest absolute Gasteiger partial charge is 0.146 e. The highest BCUT2D eigenvalue weighted by Gasteiger charge is 2.18. The highest BCUT2D eigenvalue weighted by Crippen LogP contribution is 2.22. The Balaban J connectivity index is 1.55. The monoisotopic (exact) mass is 317 g/mol. The number of piperazine rings is 1. The molecular formula is C18H24FN3O. The van der Waals surface area contributed by atoms with Crippen molar-refractivity contribution < 1.29 is 8.81 Å². The van der Waals surface area contributed by atoms with Gasteiger partial charge in [0.05, 0.1) is 18.5 Å². The molecule has 3 rings (SSSR count). The number of nitrogens with zero attached hydrogens (tertiary/aromatic N) is 2. The molecule has 0 bridgehead atoms. The number of nitrogens with one attached hydrogen (secondary N) is 1. The summed E-state index contributed by atoms with van der Waals surface area (Å²) in [6.07, 6.45) is 1.66. The van der Waals surface area contributed by atoms with E-state index in [0.717, 1.165) is 49.7 Å². The normalized spacial score (nSPS) is 16.0. The van der Waals surface area contributed by atoms with Gasteiger partial charge in [-0.3, -0.25) is 0 Å². The third-order valence-electron chi connectivity index (χ3n) is 4.38. The van der Waals surface area contributed by atoms with Crippen molar-refractivity contribution in [2.24, 2.45) is 0 Å². The molecule has 0 radical (unpaired) electrons. The van der Waals surface area contributed by atoms with Crippen LogP contribution in [0.3, 0.4) is 0 Å². The van der Waals surface area contributed by atoms with Crippen LogP contribution in [-0.2, 0) is 13.1 Å². The van der Waals surface area contributed by atoms with Gasteiger partial charge in [0.2, 0.25) is 0 Å². The van der Waals surface area contributed by atoms with Crippen LogP contribution in [0.5, 0.6) is 0 Å². The summed E-state index contributed by atoms with van der Waals surface area (Å²) >= 11 is 0. The van der Waals surface area contributed by atoms with Crippen molar-refractivity contribution in [2.75, 3.05) is 37.6 Å². The van der Waals surface area contributed by atoms with Crippen molar-refractivity contribution in [3.05, 3.63) is 53.7 Å². The van der Waals surface area contributed by atoms with Gasteiger partial charge in [-0.25, -0.2) is 4.39 Å². The second-order valence-corrected chi connectivity index (χ2v) is 5.89. The predicted molar refractivity (Wildman–Crippen MR) is 90.0 cm³/mol. The zero-order chi connectivity index (χ0) is 16.1. The van der Waals surface area contributed by atoms with Gasteiger partial charge in [-0.1, -0.05) is 13.0 Å². The zero-order valence-electron chi connectivity index (χ0n) is 13.6. The molecule has 0 saturated carbocycles. The zero-order valence-corrected chi connectivity index (χ0v) is 13.6. The Bertz CT molecular complexity index is 607. The number of likely N-dealkylation sites (N-methyl/N-ethyl adjacent to an activating group) is 1. The molecule has 0 spiro atoms. The van der Waals surface area contributed by atoms with Gasteiger partial charge in [-0.15, -0.1) is 0 Å². The van der Waals surface area contributed by atoms with Crippen molar-refractivity contribution >= 4 is 5.69 Å². The van der Waals surface area contributed by atoms with Gasteiger partial charge in [0.15, 0.2) is 0 Å². The average Bonchev–Trinajstić information content (AvgIpc) is 3.09.